The van der Waals surface area contributed by atoms with E-state index < -0.39 is 0 Å². The van der Waals surface area contributed by atoms with Crippen LogP contribution in [0.4, 0.5) is 5.82 Å². The molecule has 0 aromatic carbocycles. The molecule has 2 N–H and O–H groups in total. The molecule has 0 spiro atoms. The van der Waals surface area contributed by atoms with E-state index in [9.17, 15) is 4.79 Å². The largest absolute Gasteiger partial charge is 0.481 e. The molecule has 3 aromatic heterocycles. The van der Waals surface area contributed by atoms with Crippen molar-refractivity contribution in [3.8, 4) is 5.88 Å². The van der Waals surface area contributed by atoms with Gasteiger partial charge in [0.1, 0.15) is 17.0 Å². The zero-order chi connectivity index (χ0) is 16.7. The Morgan fingerprint density at radius 1 is 1.33 bits per heavy atom. The molecule has 122 valence electrons. The van der Waals surface area contributed by atoms with Crippen LogP contribution in [0.1, 0.15) is 20.8 Å². The van der Waals surface area contributed by atoms with Crippen molar-refractivity contribution < 1.29 is 9.53 Å². The van der Waals surface area contributed by atoms with Crippen LogP contribution in [0, 0.1) is 0 Å². The normalized spacial score (nSPS) is 13.8. The molecule has 3 aromatic rings. The number of anilines is 1. The molecule has 4 rings (SSSR count). The van der Waals surface area contributed by atoms with E-state index in [-0.39, 0.29) is 5.91 Å². The number of hydrogen-bond donors (Lipinski definition) is 1. The lowest BCUT2D eigenvalue weighted by atomic mass is 10.0. The van der Waals surface area contributed by atoms with Gasteiger partial charge in [0.15, 0.2) is 0 Å². The number of nitrogens with zero attached hydrogens (tertiary/aromatic N) is 4. The van der Waals surface area contributed by atoms with Crippen LogP contribution in [0.15, 0.2) is 24.7 Å². The molecule has 0 saturated heterocycles. The van der Waals surface area contributed by atoms with Gasteiger partial charge in [0, 0.05) is 23.7 Å². The number of carbonyl (C=O) groups excluding carboxylic acids is 1. The third-order valence-electron chi connectivity index (χ3n) is 4.15. The third kappa shape index (κ3) is 2.35. The Morgan fingerprint density at radius 2 is 2.21 bits per heavy atom. The van der Waals surface area contributed by atoms with Crippen LogP contribution in [0.25, 0.3) is 10.2 Å². The first kappa shape index (κ1) is 14.8. The van der Waals surface area contributed by atoms with E-state index in [0.29, 0.717) is 30.4 Å². The zero-order valence-electron chi connectivity index (χ0n) is 13.0. The molecule has 0 fully saturated rings. The highest BCUT2D eigenvalue weighted by Crippen LogP contribution is 2.36. The maximum Gasteiger partial charge on any atom is 0.255 e. The minimum atomic E-state index is -0.0349. The number of rotatable bonds is 2. The summed E-state index contributed by atoms with van der Waals surface area (Å²) in [6.45, 7) is 1.19. The summed E-state index contributed by atoms with van der Waals surface area (Å²) in [5.41, 5.74) is 7.72. The summed E-state index contributed by atoms with van der Waals surface area (Å²) in [4.78, 5) is 29.0. The van der Waals surface area contributed by atoms with Gasteiger partial charge in [-0.25, -0.2) is 15.0 Å². The van der Waals surface area contributed by atoms with Crippen LogP contribution in [0.5, 0.6) is 5.88 Å². The number of aromatic nitrogens is 3. The van der Waals surface area contributed by atoms with E-state index in [1.807, 2.05) is 4.90 Å². The second-order valence-corrected chi connectivity index (χ2v) is 6.59. The van der Waals surface area contributed by atoms with Gasteiger partial charge in [-0.3, -0.25) is 4.79 Å². The lowest BCUT2D eigenvalue weighted by Crippen LogP contribution is -2.35. The molecular formula is C16H15N5O2S. The Labute approximate surface area is 142 Å². The first-order chi connectivity index (χ1) is 11.7. The number of amides is 1. The number of ether oxygens (including phenoxy) is 1. The fraction of sp³-hybridized carbons (Fsp3) is 0.250. The highest BCUT2D eigenvalue weighted by atomic mass is 32.1. The average molecular weight is 341 g/mol. The van der Waals surface area contributed by atoms with E-state index in [4.69, 9.17) is 10.5 Å². The van der Waals surface area contributed by atoms with Gasteiger partial charge in [0.2, 0.25) is 5.88 Å². The molecule has 0 radical (unpaired) electrons. The van der Waals surface area contributed by atoms with E-state index in [1.54, 1.807) is 36.8 Å². The van der Waals surface area contributed by atoms with Crippen molar-refractivity contribution in [2.24, 2.45) is 0 Å². The summed E-state index contributed by atoms with van der Waals surface area (Å²) in [5, 5.41) is 0.940. The van der Waals surface area contributed by atoms with Gasteiger partial charge in [-0.15, -0.1) is 11.3 Å². The summed E-state index contributed by atoms with van der Waals surface area (Å²) in [6.07, 6.45) is 3.78. The number of methoxy groups -OCH3 is 1. The van der Waals surface area contributed by atoms with E-state index in [1.165, 1.54) is 11.9 Å². The van der Waals surface area contributed by atoms with Gasteiger partial charge in [-0.2, -0.15) is 0 Å². The molecule has 0 bridgehead atoms. The molecule has 8 heteroatoms. The Hall–Kier alpha value is -2.74. The molecule has 24 heavy (non-hydrogen) atoms. The Bertz CT molecular complexity index is 922. The maximum absolute atomic E-state index is 12.7. The number of hydrogen-bond acceptors (Lipinski definition) is 7. The predicted molar refractivity (Wildman–Crippen MR) is 91.1 cm³/mol. The SMILES string of the molecule is COc1ccc(C(=O)N2CCc3c(sc4ncnc(N)c34)C2)cn1. The van der Waals surface area contributed by atoms with Crippen molar-refractivity contribution in [1.29, 1.82) is 0 Å². The highest BCUT2D eigenvalue weighted by Gasteiger charge is 2.26. The number of carbonyl (C=O) groups is 1. The van der Waals surface area contributed by atoms with Crippen LogP contribution in [-0.2, 0) is 13.0 Å². The van der Waals surface area contributed by atoms with Gasteiger partial charge in [0.25, 0.3) is 5.91 Å². The summed E-state index contributed by atoms with van der Waals surface area (Å²) in [5.74, 6) is 0.968. The number of fused-ring (bicyclic) bond motifs is 3. The summed E-state index contributed by atoms with van der Waals surface area (Å²) in [6, 6.07) is 3.43. The van der Waals surface area contributed by atoms with Crippen molar-refractivity contribution in [3.63, 3.8) is 0 Å². The number of nitrogens with two attached hydrogens (primary N) is 1. The summed E-state index contributed by atoms with van der Waals surface area (Å²) < 4.78 is 5.03. The first-order valence-electron chi connectivity index (χ1n) is 7.47. The predicted octanol–water partition coefficient (Wildman–Crippen LogP) is 1.88. The van der Waals surface area contributed by atoms with Crippen LogP contribution in [0.2, 0.25) is 0 Å². The van der Waals surface area contributed by atoms with Gasteiger partial charge in [0.05, 0.1) is 24.6 Å². The van der Waals surface area contributed by atoms with Crippen LogP contribution in [-0.4, -0.2) is 39.4 Å². The minimum Gasteiger partial charge on any atom is -0.481 e. The summed E-state index contributed by atoms with van der Waals surface area (Å²) in [7, 11) is 1.55. The number of nitrogen functional groups attached to an aromatic ring is 1. The van der Waals surface area contributed by atoms with Crippen LogP contribution >= 0.6 is 11.3 Å². The van der Waals surface area contributed by atoms with E-state index in [0.717, 1.165) is 21.5 Å². The molecule has 0 unspecified atom stereocenters. The van der Waals surface area contributed by atoms with Crippen LogP contribution < -0.4 is 10.5 Å². The van der Waals surface area contributed by atoms with Gasteiger partial charge in [-0.05, 0) is 18.1 Å². The van der Waals surface area contributed by atoms with Crippen LogP contribution in [0.3, 0.4) is 0 Å². The Morgan fingerprint density at radius 3 is 2.96 bits per heavy atom. The number of pyridine rings is 1. The minimum absolute atomic E-state index is 0.0349. The smallest absolute Gasteiger partial charge is 0.255 e. The molecule has 0 saturated carbocycles. The first-order valence-corrected chi connectivity index (χ1v) is 8.29. The molecule has 7 nitrogen and oxygen atoms in total. The lowest BCUT2D eigenvalue weighted by Gasteiger charge is -2.27. The highest BCUT2D eigenvalue weighted by molar-refractivity contribution is 7.19. The zero-order valence-corrected chi connectivity index (χ0v) is 13.8. The Kier molecular flexibility index (Phi) is 3.53. The van der Waals surface area contributed by atoms with Gasteiger partial charge < -0.3 is 15.4 Å². The molecule has 0 aliphatic carbocycles. The topological polar surface area (TPSA) is 94.2 Å². The second kappa shape index (κ2) is 5.72. The fourth-order valence-corrected chi connectivity index (χ4v) is 4.15. The third-order valence-corrected chi connectivity index (χ3v) is 5.27. The molecule has 4 heterocycles. The van der Waals surface area contributed by atoms with Gasteiger partial charge in [-0.1, -0.05) is 0 Å². The van der Waals surface area contributed by atoms with Crippen molar-refractivity contribution in [2.45, 2.75) is 13.0 Å². The monoisotopic (exact) mass is 341 g/mol. The average Bonchev–Trinajstić information content (AvgIpc) is 3.00. The summed E-state index contributed by atoms with van der Waals surface area (Å²) >= 11 is 1.58. The quantitative estimate of drug-likeness (QED) is 0.765. The van der Waals surface area contributed by atoms with Crippen molar-refractivity contribution in [3.05, 3.63) is 40.7 Å². The second-order valence-electron chi connectivity index (χ2n) is 5.51. The van der Waals surface area contributed by atoms with Crippen molar-refractivity contribution in [1.82, 2.24) is 19.9 Å². The number of thiophene rings is 1. The van der Waals surface area contributed by atoms with Crippen molar-refractivity contribution >= 4 is 33.3 Å². The fourth-order valence-electron chi connectivity index (χ4n) is 2.94. The standard InChI is InChI=1S/C16H15N5O2S/c1-23-12-3-2-9(6-18-12)16(22)21-5-4-10-11(7-21)24-15-13(10)14(17)19-8-20-15/h2-3,6,8H,4-5,7H2,1H3,(H2,17,19,20). The molecule has 1 amide bonds. The molecule has 1 aliphatic rings. The van der Waals surface area contributed by atoms with E-state index in [2.05, 4.69) is 15.0 Å². The van der Waals surface area contributed by atoms with E-state index >= 15 is 0 Å². The Balaban J connectivity index is 1.63. The lowest BCUT2D eigenvalue weighted by molar-refractivity contribution is 0.0737. The van der Waals surface area contributed by atoms with Crippen molar-refractivity contribution in [2.75, 3.05) is 19.4 Å². The maximum atomic E-state index is 12.7. The molecule has 0 atom stereocenters. The molecular weight excluding hydrogens is 326 g/mol. The molecule has 1 aliphatic heterocycles. The van der Waals surface area contributed by atoms with Gasteiger partial charge >= 0.3 is 0 Å².